The zero-order chi connectivity index (χ0) is 26.3. The molecule has 0 spiro atoms. The Balaban J connectivity index is 1.77. The number of hydrogen-bond donors (Lipinski definition) is 0. The van der Waals surface area contributed by atoms with Crippen molar-refractivity contribution in [2.45, 2.75) is 24.7 Å². The van der Waals surface area contributed by atoms with E-state index in [4.69, 9.17) is 0 Å². The Labute approximate surface area is 224 Å². The smallest absolute Gasteiger partial charge is 0.170 e. The van der Waals surface area contributed by atoms with Gasteiger partial charge in [0.25, 0.3) is 0 Å². The lowest BCUT2D eigenvalue weighted by Crippen LogP contribution is -2.30. The minimum atomic E-state index is -0.571. The number of carbonyl (C=O) groups is 2. The number of Topliss-reactive ketones (excluding diaryl/α,β-unsaturated/α-hetero) is 2. The fraction of sp³-hybridized carbons (Fsp3) is 0.111. The van der Waals surface area contributed by atoms with Crippen LogP contribution >= 0.6 is 0 Å². The second-order valence-electron chi connectivity index (χ2n) is 9.67. The highest BCUT2D eigenvalue weighted by atomic mass is 16.1. The molecule has 0 bridgehead atoms. The van der Waals surface area contributed by atoms with E-state index in [2.05, 4.69) is 0 Å². The maximum Gasteiger partial charge on any atom is 0.170 e. The van der Waals surface area contributed by atoms with E-state index >= 15 is 0 Å². The number of ketones is 2. The van der Waals surface area contributed by atoms with Crippen molar-refractivity contribution in [2.75, 3.05) is 0 Å². The molecule has 0 aliphatic rings. The Morgan fingerprint density at radius 3 is 1.18 bits per heavy atom. The minimum Gasteiger partial charge on any atom is -0.293 e. The van der Waals surface area contributed by atoms with E-state index in [-0.39, 0.29) is 11.6 Å². The fourth-order valence-corrected chi connectivity index (χ4v) is 5.29. The van der Waals surface area contributed by atoms with Crippen LogP contribution in [0.2, 0.25) is 0 Å². The number of hydrogen-bond acceptors (Lipinski definition) is 2. The zero-order valence-electron chi connectivity index (χ0n) is 21.4. The summed E-state index contributed by atoms with van der Waals surface area (Å²) >= 11 is 0. The molecule has 0 fully saturated rings. The average molecular weight is 495 g/mol. The van der Waals surface area contributed by atoms with Crippen LogP contribution in [0.15, 0.2) is 146 Å². The fourth-order valence-electron chi connectivity index (χ4n) is 5.29. The topological polar surface area (TPSA) is 34.1 Å². The third-order valence-electron chi connectivity index (χ3n) is 7.18. The summed E-state index contributed by atoms with van der Waals surface area (Å²) in [6, 6.07) is 46.9. The second-order valence-corrected chi connectivity index (χ2v) is 9.67. The van der Waals surface area contributed by atoms with Crippen LogP contribution in [0.5, 0.6) is 0 Å². The van der Waals surface area contributed by atoms with Gasteiger partial charge in [-0.2, -0.15) is 0 Å². The molecule has 5 rings (SSSR count). The quantitative estimate of drug-likeness (QED) is 0.193. The van der Waals surface area contributed by atoms with Crippen molar-refractivity contribution >= 4 is 11.6 Å². The van der Waals surface area contributed by atoms with E-state index < -0.39 is 17.8 Å². The maximum atomic E-state index is 14.4. The van der Waals surface area contributed by atoms with Crippen molar-refractivity contribution in [1.82, 2.24) is 0 Å². The molecule has 0 aromatic heterocycles. The van der Waals surface area contributed by atoms with E-state index in [1.165, 1.54) is 0 Å². The Hall–Kier alpha value is -4.56. The van der Waals surface area contributed by atoms with Gasteiger partial charge in [0.2, 0.25) is 0 Å². The van der Waals surface area contributed by atoms with Crippen molar-refractivity contribution in [3.05, 3.63) is 179 Å². The summed E-state index contributed by atoms with van der Waals surface area (Å²) in [7, 11) is 0. The molecule has 2 heteroatoms. The summed E-state index contributed by atoms with van der Waals surface area (Å²) in [6.07, 6.45) is 0. The Morgan fingerprint density at radius 2 is 0.763 bits per heavy atom. The van der Waals surface area contributed by atoms with Gasteiger partial charge in [-0.05, 0) is 23.6 Å². The highest BCUT2D eigenvalue weighted by molar-refractivity contribution is 6.05. The number of rotatable bonds is 9. The predicted octanol–water partition coefficient (Wildman–Crippen LogP) is 8.41. The molecule has 0 aliphatic carbocycles. The van der Waals surface area contributed by atoms with Crippen LogP contribution in [0.3, 0.4) is 0 Å². The van der Waals surface area contributed by atoms with Crippen LogP contribution < -0.4 is 0 Å². The minimum absolute atomic E-state index is 0.00336. The van der Waals surface area contributed by atoms with E-state index in [1.54, 1.807) is 0 Å². The van der Waals surface area contributed by atoms with Crippen molar-refractivity contribution in [1.29, 1.82) is 0 Å². The van der Waals surface area contributed by atoms with Crippen LogP contribution in [0.4, 0.5) is 0 Å². The molecular formula is C36H30O2. The Morgan fingerprint density at radius 1 is 0.421 bits per heavy atom. The first-order valence-electron chi connectivity index (χ1n) is 13.0. The normalized spacial score (nSPS) is 13.3. The molecule has 186 valence electrons. The number of carbonyl (C=O) groups excluding carboxylic acids is 2. The highest BCUT2D eigenvalue weighted by Gasteiger charge is 2.41. The van der Waals surface area contributed by atoms with Gasteiger partial charge in [0.1, 0.15) is 0 Å². The lowest BCUT2D eigenvalue weighted by Gasteiger charge is -2.34. The van der Waals surface area contributed by atoms with Gasteiger partial charge in [-0.3, -0.25) is 9.59 Å². The monoisotopic (exact) mass is 494 g/mol. The van der Waals surface area contributed by atoms with E-state index in [0.717, 1.165) is 22.3 Å². The highest BCUT2D eigenvalue weighted by Crippen LogP contribution is 2.46. The third-order valence-corrected chi connectivity index (χ3v) is 7.18. The molecule has 0 amide bonds. The molecule has 38 heavy (non-hydrogen) atoms. The molecule has 0 saturated heterocycles. The standard InChI is InChI=1S/C36H30O2/c1-26-22-24-29(25-23-26)34(36(38)31-20-12-5-13-21-31)32(27-14-6-2-7-15-27)33(28-16-8-3-9-17-28)35(37)30-18-10-4-11-19-30/h2-25,32-34H,1H3. The number of benzene rings is 5. The van der Waals surface area contributed by atoms with E-state index in [1.807, 2.05) is 153 Å². The van der Waals surface area contributed by atoms with Gasteiger partial charge in [0.05, 0.1) is 11.8 Å². The molecule has 0 aliphatic heterocycles. The molecule has 0 N–H and O–H groups in total. The van der Waals surface area contributed by atoms with Crippen molar-refractivity contribution in [3.63, 3.8) is 0 Å². The molecule has 5 aromatic rings. The van der Waals surface area contributed by atoms with Crippen molar-refractivity contribution < 1.29 is 9.59 Å². The van der Waals surface area contributed by atoms with Gasteiger partial charge in [0.15, 0.2) is 11.6 Å². The number of aryl methyl sites for hydroxylation is 1. The first kappa shape index (κ1) is 25.1. The van der Waals surface area contributed by atoms with Crippen LogP contribution in [-0.2, 0) is 0 Å². The summed E-state index contributed by atoms with van der Waals surface area (Å²) in [4.78, 5) is 28.8. The lowest BCUT2D eigenvalue weighted by atomic mass is 9.67. The summed E-state index contributed by atoms with van der Waals surface area (Å²) in [5.74, 6) is -1.56. The molecule has 0 heterocycles. The van der Waals surface area contributed by atoms with E-state index in [9.17, 15) is 9.59 Å². The SMILES string of the molecule is Cc1ccc(C(C(=O)c2ccccc2)C(c2ccccc2)C(C(=O)c2ccccc2)c2ccccc2)cc1. The third kappa shape index (κ3) is 5.40. The maximum absolute atomic E-state index is 14.4. The second kappa shape index (κ2) is 11.7. The van der Waals surface area contributed by atoms with Gasteiger partial charge in [-0.1, -0.05) is 151 Å². The zero-order valence-corrected chi connectivity index (χ0v) is 21.4. The summed E-state index contributed by atoms with van der Waals surface area (Å²) in [6.45, 7) is 2.04. The lowest BCUT2D eigenvalue weighted by molar-refractivity contribution is 0.0899. The van der Waals surface area contributed by atoms with Gasteiger partial charge in [0, 0.05) is 17.0 Å². The van der Waals surface area contributed by atoms with Crippen LogP contribution in [0.25, 0.3) is 0 Å². The predicted molar refractivity (Wildman–Crippen MR) is 154 cm³/mol. The summed E-state index contributed by atoms with van der Waals surface area (Å²) < 4.78 is 0. The van der Waals surface area contributed by atoms with Crippen molar-refractivity contribution in [2.24, 2.45) is 0 Å². The first-order valence-corrected chi connectivity index (χ1v) is 13.0. The van der Waals surface area contributed by atoms with Crippen LogP contribution in [0.1, 0.15) is 60.7 Å². The molecule has 3 atom stereocenters. The summed E-state index contributed by atoms with van der Waals surface area (Å²) in [5.41, 5.74) is 5.15. The van der Waals surface area contributed by atoms with E-state index in [0.29, 0.717) is 11.1 Å². The molecule has 0 radical (unpaired) electrons. The molecule has 2 nitrogen and oxygen atoms in total. The van der Waals surface area contributed by atoms with Gasteiger partial charge in [-0.15, -0.1) is 0 Å². The molecule has 5 aromatic carbocycles. The molecule has 3 unspecified atom stereocenters. The Kier molecular flexibility index (Phi) is 7.70. The Bertz CT molecular complexity index is 1480. The van der Waals surface area contributed by atoms with Gasteiger partial charge < -0.3 is 0 Å². The average Bonchev–Trinajstić information content (AvgIpc) is 2.99. The van der Waals surface area contributed by atoms with Crippen LogP contribution in [0, 0.1) is 6.92 Å². The van der Waals surface area contributed by atoms with Gasteiger partial charge >= 0.3 is 0 Å². The molecule has 0 saturated carbocycles. The van der Waals surface area contributed by atoms with Crippen LogP contribution in [-0.4, -0.2) is 11.6 Å². The molecular weight excluding hydrogens is 464 g/mol. The summed E-state index contributed by atoms with van der Waals surface area (Å²) in [5, 5.41) is 0. The van der Waals surface area contributed by atoms with Crippen molar-refractivity contribution in [3.8, 4) is 0 Å². The first-order chi connectivity index (χ1) is 18.6. The van der Waals surface area contributed by atoms with Gasteiger partial charge in [-0.25, -0.2) is 0 Å². The largest absolute Gasteiger partial charge is 0.293 e.